The van der Waals surface area contributed by atoms with Crippen LogP contribution in [0.15, 0.2) is 47.4 Å². The van der Waals surface area contributed by atoms with Crippen LogP contribution in [-0.4, -0.2) is 13.5 Å². The maximum atomic E-state index is 11.3. The normalized spacial score (nSPS) is 11.0. The molecule has 0 aliphatic carbocycles. The van der Waals surface area contributed by atoms with Gasteiger partial charge in [0.05, 0.1) is 10.7 Å². The van der Waals surface area contributed by atoms with E-state index >= 15 is 0 Å². The SMILES string of the molecule is NC(=S)Nc1ccccc1Oc1ccc(S(N)(=O)=O)c(Cl)c1. The molecule has 6 nitrogen and oxygen atoms in total. The molecule has 0 saturated carbocycles. The largest absolute Gasteiger partial charge is 0.455 e. The summed E-state index contributed by atoms with van der Waals surface area (Å²) in [7, 11) is -3.88. The van der Waals surface area contributed by atoms with Gasteiger partial charge in [0.15, 0.2) is 10.9 Å². The molecule has 2 rings (SSSR count). The molecule has 0 unspecified atom stereocenters. The number of benzene rings is 2. The van der Waals surface area contributed by atoms with E-state index in [1.54, 1.807) is 24.3 Å². The summed E-state index contributed by atoms with van der Waals surface area (Å²) < 4.78 is 28.3. The summed E-state index contributed by atoms with van der Waals surface area (Å²) in [5.74, 6) is 0.796. The molecular weight excluding hydrogens is 346 g/mol. The lowest BCUT2D eigenvalue weighted by molar-refractivity contribution is 0.484. The van der Waals surface area contributed by atoms with Crippen molar-refractivity contribution >= 4 is 44.6 Å². The molecule has 0 aliphatic rings. The van der Waals surface area contributed by atoms with Crippen LogP contribution in [0.3, 0.4) is 0 Å². The van der Waals surface area contributed by atoms with E-state index in [1.165, 1.54) is 18.2 Å². The van der Waals surface area contributed by atoms with Gasteiger partial charge in [0.2, 0.25) is 10.0 Å². The first kappa shape index (κ1) is 16.5. The molecule has 0 atom stereocenters. The maximum Gasteiger partial charge on any atom is 0.239 e. The van der Waals surface area contributed by atoms with Crippen LogP contribution in [0.1, 0.15) is 0 Å². The van der Waals surface area contributed by atoms with E-state index in [9.17, 15) is 8.42 Å². The van der Waals surface area contributed by atoms with Crippen LogP contribution in [0, 0.1) is 0 Å². The number of rotatable bonds is 4. The summed E-state index contributed by atoms with van der Waals surface area (Å²) in [5.41, 5.74) is 6.01. The van der Waals surface area contributed by atoms with E-state index in [-0.39, 0.29) is 15.0 Å². The standard InChI is InChI=1S/C13H12ClN3O3S2/c14-9-7-8(5-6-12(9)22(16,18)19)20-11-4-2-1-3-10(11)17-13(15)21/h1-7H,(H3,15,17,21)(H2,16,18,19). The zero-order chi connectivity index (χ0) is 16.3. The van der Waals surface area contributed by atoms with Crippen molar-refractivity contribution in [3.8, 4) is 11.5 Å². The third kappa shape index (κ3) is 4.08. The summed E-state index contributed by atoms with van der Waals surface area (Å²) in [6, 6.07) is 11.1. The summed E-state index contributed by atoms with van der Waals surface area (Å²) in [6.45, 7) is 0. The summed E-state index contributed by atoms with van der Waals surface area (Å²) >= 11 is 10.7. The van der Waals surface area contributed by atoms with Gasteiger partial charge in [-0.2, -0.15) is 0 Å². The van der Waals surface area contributed by atoms with Gasteiger partial charge in [0.25, 0.3) is 0 Å². The molecule has 2 aromatic rings. The summed E-state index contributed by atoms with van der Waals surface area (Å²) in [6.07, 6.45) is 0. The Labute approximate surface area is 138 Å². The van der Waals surface area contributed by atoms with E-state index in [0.29, 0.717) is 17.2 Å². The maximum absolute atomic E-state index is 11.3. The minimum Gasteiger partial charge on any atom is -0.455 e. The number of ether oxygens (including phenoxy) is 1. The molecule has 0 heterocycles. The summed E-state index contributed by atoms with van der Waals surface area (Å²) in [4.78, 5) is -0.170. The molecule has 0 saturated heterocycles. The minimum atomic E-state index is -3.88. The Morgan fingerprint density at radius 1 is 1.23 bits per heavy atom. The Balaban J connectivity index is 2.33. The van der Waals surface area contributed by atoms with Gasteiger partial charge < -0.3 is 15.8 Å². The second-order valence-electron chi connectivity index (χ2n) is 4.22. The number of primary sulfonamides is 1. The molecule has 0 fully saturated rings. The number of thiocarbonyl (C=S) groups is 1. The zero-order valence-corrected chi connectivity index (χ0v) is 13.5. The zero-order valence-electron chi connectivity index (χ0n) is 11.1. The van der Waals surface area contributed by atoms with Gasteiger partial charge in [0, 0.05) is 6.07 Å². The Hall–Kier alpha value is -1.87. The Morgan fingerprint density at radius 2 is 1.91 bits per heavy atom. The molecule has 0 spiro atoms. The first-order chi connectivity index (χ1) is 10.3. The monoisotopic (exact) mass is 357 g/mol. The second kappa shape index (κ2) is 6.49. The summed E-state index contributed by atoms with van der Waals surface area (Å²) in [5, 5.41) is 7.90. The van der Waals surface area contributed by atoms with Crippen molar-refractivity contribution < 1.29 is 13.2 Å². The van der Waals surface area contributed by atoms with Crippen LogP contribution in [0.4, 0.5) is 5.69 Å². The molecule has 0 aliphatic heterocycles. The molecule has 22 heavy (non-hydrogen) atoms. The number of para-hydroxylation sites is 2. The Bertz CT molecular complexity index is 825. The topological polar surface area (TPSA) is 107 Å². The molecule has 5 N–H and O–H groups in total. The first-order valence-corrected chi connectivity index (χ1v) is 8.26. The highest BCUT2D eigenvalue weighted by Crippen LogP contribution is 2.32. The molecule has 0 aromatic heterocycles. The van der Waals surface area contributed by atoms with Crippen molar-refractivity contribution in [3.63, 3.8) is 0 Å². The lowest BCUT2D eigenvalue weighted by Gasteiger charge is -2.12. The number of anilines is 1. The van der Waals surface area contributed by atoms with Gasteiger partial charge in [0.1, 0.15) is 10.6 Å². The Kier molecular flexibility index (Phi) is 4.87. The molecular formula is C13H12ClN3O3S2. The fourth-order valence-corrected chi connectivity index (χ4v) is 2.89. The highest BCUT2D eigenvalue weighted by Gasteiger charge is 2.14. The van der Waals surface area contributed by atoms with Crippen molar-refractivity contribution in [1.82, 2.24) is 0 Å². The number of hydrogen-bond acceptors (Lipinski definition) is 4. The van der Waals surface area contributed by atoms with Crippen molar-refractivity contribution in [2.45, 2.75) is 4.90 Å². The third-order valence-corrected chi connectivity index (χ3v) is 4.08. The lowest BCUT2D eigenvalue weighted by atomic mass is 10.3. The van der Waals surface area contributed by atoms with Crippen molar-refractivity contribution in [1.29, 1.82) is 0 Å². The Morgan fingerprint density at radius 3 is 2.50 bits per heavy atom. The van der Waals surface area contributed by atoms with Gasteiger partial charge in [-0.05, 0) is 36.5 Å². The van der Waals surface area contributed by atoms with E-state index in [4.69, 9.17) is 39.4 Å². The first-order valence-electron chi connectivity index (χ1n) is 5.93. The number of hydrogen-bond donors (Lipinski definition) is 3. The van der Waals surface area contributed by atoms with Crippen LogP contribution in [-0.2, 0) is 10.0 Å². The fraction of sp³-hybridized carbons (Fsp3) is 0. The fourth-order valence-electron chi connectivity index (χ4n) is 1.69. The molecule has 9 heteroatoms. The minimum absolute atomic E-state index is 0.0280. The van der Waals surface area contributed by atoms with Crippen LogP contribution in [0.2, 0.25) is 5.02 Å². The van der Waals surface area contributed by atoms with Crippen LogP contribution in [0.25, 0.3) is 0 Å². The quantitative estimate of drug-likeness (QED) is 0.725. The van der Waals surface area contributed by atoms with Crippen LogP contribution < -0.4 is 20.9 Å². The molecule has 2 aromatic carbocycles. The molecule has 0 radical (unpaired) electrons. The average molecular weight is 358 g/mol. The smallest absolute Gasteiger partial charge is 0.239 e. The van der Waals surface area contributed by atoms with Crippen molar-refractivity contribution in [2.24, 2.45) is 10.9 Å². The van der Waals surface area contributed by atoms with E-state index < -0.39 is 10.0 Å². The third-order valence-electron chi connectivity index (χ3n) is 2.58. The predicted molar refractivity (Wildman–Crippen MR) is 89.7 cm³/mol. The van der Waals surface area contributed by atoms with E-state index in [1.807, 2.05) is 0 Å². The van der Waals surface area contributed by atoms with Gasteiger partial charge >= 0.3 is 0 Å². The van der Waals surface area contributed by atoms with Crippen LogP contribution >= 0.6 is 23.8 Å². The molecule has 0 amide bonds. The van der Waals surface area contributed by atoms with E-state index in [0.717, 1.165) is 0 Å². The number of nitrogens with one attached hydrogen (secondary N) is 1. The predicted octanol–water partition coefficient (Wildman–Crippen LogP) is 2.44. The van der Waals surface area contributed by atoms with Gasteiger partial charge in [-0.15, -0.1) is 0 Å². The highest BCUT2D eigenvalue weighted by atomic mass is 35.5. The highest BCUT2D eigenvalue weighted by molar-refractivity contribution is 7.89. The number of halogens is 1. The average Bonchev–Trinajstić information content (AvgIpc) is 2.39. The molecule has 0 bridgehead atoms. The number of sulfonamides is 1. The van der Waals surface area contributed by atoms with Gasteiger partial charge in [-0.1, -0.05) is 23.7 Å². The van der Waals surface area contributed by atoms with Crippen molar-refractivity contribution in [2.75, 3.05) is 5.32 Å². The van der Waals surface area contributed by atoms with Crippen molar-refractivity contribution in [3.05, 3.63) is 47.5 Å². The number of nitrogens with two attached hydrogens (primary N) is 2. The van der Waals surface area contributed by atoms with Gasteiger partial charge in [-0.25, -0.2) is 13.6 Å². The second-order valence-corrected chi connectivity index (χ2v) is 6.60. The molecule has 116 valence electrons. The van der Waals surface area contributed by atoms with Gasteiger partial charge in [-0.3, -0.25) is 0 Å². The lowest BCUT2D eigenvalue weighted by Crippen LogP contribution is -2.19. The van der Waals surface area contributed by atoms with E-state index in [2.05, 4.69) is 5.32 Å². The van der Waals surface area contributed by atoms with Crippen LogP contribution in [0.5, 0.6) is 11.5 Å².